The van der Waals surface area contributed by atoms with Gasteiger partial charge in [0.2, 0.25) is 11.8 Å². The number of benzene rings is 1. The van der Waals surface area contributed by atoms with Crippen molar-refractivity contribution in [1.29, 1.82) is 0 Å². The summed E-state index contributed by atoms with van der Waals surface area (Å²) in [5, 5.41) is 3.66. The number of ether oxygens (including phenoxy) is 1. The van der Waals surface area contributed by atoms with Crippen LogP contribution in [0.3, 0.4) is 0 Å². The number of piperazine rings is 1. The van der Waals surface area contributed by atoms with E-state index in [2.05, 4.69) is 5.32 Å². The third-order valence-electron chi connectivity index (χ3n) is 4.04. The number of nitrogens with one attached hydrogen (secondary N) is 1. The number of hydrogen-bond acceptors (Lipinski definition) is 4. The Hall–Kier alpha value is -1.34. The molecule has 0 bridgehead atoms. The van der Waals surface area contributed by atoms with Gasteiger partial charge in [-0.15, -0.1) is 12.4 Å². The van der Waals surface area contributed by atoms with Crippen LogP contribution in [-0.2, 0) is 20.7 Å². The molecule has 1 aromatic rings. The number of carbonyl (C=O) groups excluding carboxylic acids is 2. The molecule has 0 aliphatic carbocycles. The maximum absolute atomic E-state index is 12.4. The third-order valence-corrected chi connectivity index (χ3v) is 4.41. The van der Waals surface area contributed by atoms with Gasteiger partial charge >= 0.3 is 0 Å². The highest BCUT2D eigenvalue weighted by atomic mass is 35.5. The van der Waals surface area contributed by atoms with Crippen LogP contribution in [0.5, 0.6) is 0 Å². The molecule has 0 aromatic heterocycles. The Balaban J connectivity index is 0.00000312. The number of halogens is 2. The highest BCUT2D eigenvalue weighted by molar-refractivity contribution is 6.31. The number of methoxy groups -OCH3 is 1. The lowest BCUT2D eigenvalue weighted by Crippen LogP contribution is -2.52. The summed E-state index contributed by atoms with van der Waals surface area (Å²) < 4.78 is 4.93. The number of amides is 2. The van der Waals surface area contributed by atoms with Crippen LogP contribution in [0.2, 0.25) is 5.02 Å². The minimum atomic E-state index is 0. The maximum atomic E-state index is 12.4. The lowest BCUT2D eigenvalue weighted by molar-refractivity contribution is -0.138. The third kappa shape index (κ3) is 6.82. The molecule has 25 heavy (non-hydrogen) atoms. The second-order valence-corrected chi connectivity index (χ2v) is 6.11. The molecule has 2 rings (SSSR count). The monoisotopic (exact) mass is 389 g/mol. The summed E-state index contributed by atoms with van der Waals surface area (Å²) in [6.45, 7) is 3.80. The zero-order valence-electron chi connectivity index (χ0n) is 14.4. The standard InChI is InChI=1S/C17H24ClN3O3.ClH/c1-24-11-6-19-13-17(23)21-9-7-20(8-10-21)16(22)12-14-4-2-3-5-15(14)18;/h2-5,19H,6-13H2,1H3;1H. The minimum absolute atomic E-state index is 0. The van der Waals surface area contributed by atoms with Crippen molar-refractivity contribution in [1.82, 2.24) is 15.1 Å². The molecule has 140 valence electrons. The summed E-state index contributed by atoms with van der Waals surface area (Å²) in [6, 6.07) is 7.38. The van der Waals surface area contributed by atoms with Crippen LogP contribution in [0.15, 0.2) is 24.3 Å². The molecule has 1 heterocycles. The van der Waals surface area contributed by atoms with Gasteiger partial charge in [0.1, 0.15) is 0 Å². The zero-order chi connectivity index (χ0) is 17.4. The van der Waals surface area contributed by atoms with Crippen LogP contribution in [-0.4, -0.2) is 74.6 Å². The Labute approximate surface area is 159 Å². The summed E-state index contributed by atoms with van der Waals surface area (Å²) in [5.41, 5.74) is 0.838. The Morgan fingerprint density at radius 2 is 1.72 bits per heavy atom. The van der Waals surface area contributed by atoms with E-state index in [0.717, 1.165) is 5.56 Å². The summed E-state index contributed by atoms with van der Waals surface area (Å²) in [6.07, 6.45) is 0.298. The van der Waals surface area contributed by atoms with Crippen LogP contribution < -0.4 is 5.32 Å². The predicted octanol–water partition coefficient (Wildman–Crippen LogP) is 1.21. The SMILES string of the molecule is COCCNCC(=O)N1CCN(C(=O)Cc2ccccc2Cl)CC1.Cl. The van der Waals surface area contributed by atoms with Gasteiger partial charge in [0.05, 0.1) is 19.6 Å². The van der Waals surface area contributed by atoms with Gasteiger partial charge in [-0.1, -0.05) is 29.8 Å². The first-order valence-electron chi connectivity index (χ1n) is 8.10. The van der Waals surface area contributed by atoms with Crippen molar-refractivity contribution >= 4 is 35.8 Å². The second-order valence-electron chi connectivity index (χ2n) is 5.70. The van der Waals surface area contributed by atoms with E-state index in [1.165, 1.54) is 0 Å². The van der Waals surface area contributed by atoms with Crippen molar-refractivity contribution in [2.45, 2.75) is 6.42 Å². The minimum Gasteiger partial charge on any atom is -0.383 e. The van der Waals surface area contributed by atoms with Gasteiger partial charge < -0.3 is 19.9 Å². The van der Waals surface area contributed by atoms with Crippen LogP contribution in [0, 0.1) is 0 Å². The Morgan fingerprint density at radius 3 is 2.32 bits per heavy atom. The molecule has 1 N–H and O–H groups in total. The molecule has 0 atom stereocenters. The molecule has 2 amide bonds. The Morgan fingerprint density at radius 1 is 1.12 bits per heavy atom. The van der Waals surface area contributed by atoms with Crippen molar-refractivity contribution in [2.24, 2.45) is 0 Å². The van der Waals surface area contributed by atoms with Crippen molar-refractivity contribution in [3.8, 4) is 0 Å². The molecule has 1 saturated heterocycles. The van der Waals surface area contributed by atoms with Crippen LogP contribution >= 0.6 is 24.0 Å². The highest BCUT2D eigenvalue weighted by Crippen LogP contribution is 2.16. The summed E-state index contributed by atoms with van der Waals surface area (Å²) in [4.78, 5) is 28.0. The van der Waals surface area contributed by atoms with Gasteiger partial charge in [0.25, 0.3) is 0 Å². The normalized spacial score (nSPS) is 14.2. The van der Waals surface area contributed by atoms with E-state index in [0.29, 0.717) is 57.3 Å². The fraction of sp³-hybridized carbons (Fsp3) is 0.529. The van der Waals surface area contributed by atoms with Gasteiger partial charge in [-0.25, -0.2) is 0 Å². The van der Waals surface area contributed by atoms with Gasteiger partial charge in [0.15, 0.2) is 0 Å². The quantitative estimate of drug-likeness (QED) is 0.712. The van der Waals surface area contributed by atoms with Gasteiger partial charge in [-0.2, -0.15) is 0 Å². The van der Waals surface area contributed by atoms with E-state index < -0.39 is 0 Å². The fourth-order valence-corrected chi connectivity index (χ4v) is 2.81. The van der Waals surface area contributed by atoms with Crippen LogP contribution in [0.1, 0.15) is 5.56 Å². The molecule has 0 unspecified atom stereocenters. The van der Waals surface area contributed by atoms with Gasteiger partial charge in [0, 0.05) is 44.9 Å². The molecule has 6 nitrogen and oxygen atoms in total. The average Bonchev–Trinajstić information content (AvgIpc) is 2.60. The summed E-state index contributed by atoms with van der Waals surface area (Å²) in [5.74, 6) is 0.109. The van der Waals surface area contributed by atoms with E-state index in [1.807, 2.05) is 18.2 Å². The largest absolute Gasteiger partial charge is 0.383 e. The number of rotatable bonds is 7. The molecule has 0 spiro atoms. The van der Waals surface area contributed by atoms with E-state index in [1.54, 1.807) is 23.0 Å². The Kier molecular flexibility index (Phi) is 9.82. The number of nitrogens with zero attached hydrogens (tertiary/aromatic N) is 2. The molecular formula is C17H25Cl2N3O3. The van der Waals surface area contributed by atoms with Crippen LogP contribution in [0.4, 0.5) is 0 Å². The molecule has 1 aliphatic rings. The van der Waals surface area contributed by atoms with Crippen molar-refractivity contribution in [2.75, 3.05) is 53.0 Å². The van der Waals surface area contributed by atoms with E-state index in [-0.39, 0.29) is 24.2 Å². The molecular weight excluding hydrogens is 365 g/mol. The number of carbonyl (C=O) groups is 2. The topological polar surface area (TPSA) is 61.9 Å². The second kappa shape index (κ2) is 11.3. The van der Waals surface area contributed by atoms with E-state index in [4.69, 9.17) is 16.3 Å². The predicted molar refractivity (Wildman–Crippen MR) is 100 cm³/mol. The summed E-state index contributed by atoms with van der Waals surface area (Å²) >= 11 is 6.10. The first kappa shape index (κ1) is 21.7. The highest BCUT2D eigenvalue weighted by Gasteiger charge is 2.24. The number of hydrogen-bond donors (Lipinski definition) is 1. The fourth-order valence-electron chi connectivity index (χ4n) is 2.60. The van der Waals surface area contributed by atoms with Crippen molar-refractivity contribution in [3.63, 3.8) is 0 Å². The lowest BCUT2D eigenvalue weighted by atomic mass is 10.1. The van der Waals surface area contributed by atoms with E-state index >= 15 is 0 Å². The van der Waals surface area contributed by atoms with Gasteiger partial charge in [-0.3, -0.25) is 9.59 Å². The molecule has 0 saturated carbocycles. The first-order chi connectivity index (χ1) is 11.6. The lowest BCUT2D eigenvalue weighted by Gasteiger charge is -2.35. The molecule has 1 aromatic carbocycles. The van der Waals surface area contributed by atoms with Gasteiger partial charge in [-0.05, 0) is 11.6 Å². The molecule has 1 aliphatic heterocycles. The van der Waals surface area contributed by atoms with Crippen molar-refractivity contribution < 1.29 is 14.3 Å². The maximum Gasteiger partial charge on any atom is 0.236 e. The average molecular weight is 390 g/mol. The van der Waals surface area contributed by atoms with Crippen molar-refractivity contribution in [3.05, 3.63) is 34.9 Å². The van der Waals surface area contributed by atoms with E-state index in [9.17, 15) is 9.59 Å². The zero-order valence-corrected chi connectivity index (χ0v) is 15.9. The Bertz CT molecular complexity index is 564. The summed E-state index contributed by atoms with van der Waals surface area (Å²) in [7, 11) is 1.63. The molecule has 0 radical (unpaired) electrons. The first-order valence-corrected chi connectivity index (χ1v) is 8.48. The molecule has 1 fully saturated rings. The smallest absolute Gasteiger partial charge is 0.236 e. The molecule has 8 heteroatoms. The van der Waals surface area contributed by atoms with Crippen LogP contribution in [0.25, 0.3) is 0 Å².